The highest BCUT2D eigenvalue weighted by Crippen LogP contribution is 2.30. The molecule has 0 amide bonds. The van der Waals surface area contributed by atoms with Gasteiger partial charge in [-0.25, -0.2) is 0 Å². The summed E-state index contributed by atoms with van der Waals surface area (Å²) in [7, 11) is 0. The third kappa shape index (κ3) is 2.36. The first-order valence-corrected chi connectivity index (χ1v) is 6.35. The van der Waals surface area contributed by atoms with Crippen molar-refractivity contribution in [2.75, 3.05) is 26.3 Å². The lowest BCUT2D eigenvalue weighted by Crippen LogP contribution is -2.50. The molecule has 3 heterocycles. The summed E-state index contributed by atoms with van der Waals surface area (Å²) in [4.78, 5) is 16.8. The maximum absolute atomic E-state index is 11.0. The number of aromatic nitrogens is 1. The molecule has 0 radical (unpaired) electrons. The molecule has 3 rings (SSSR count). The zero-order valence-electron chi connectivity index (χ0n) is 10.5. The Morgan fingerprint density at radius 2 is 2.32 bits per heavy atom. The number of hydrogen-bond acceptors (Lipinski definition) is 5. The lowest BCUT2D eigenvalue weighted by Gasteiger charge is -2.38. The largest absolute Gasteiger partial charge is 0.378 e. The predicted octanol–water partition coefficient (Wildman–Crippen LogP) is 1.48. The van der Waals surface area contributed by atoms with E-state index in [2.05, 4.69) is 16.0 Å². The van der Waals surface area contributed by atoms with Gasteiger partial charge >= 0.3 is 0 Å². The first kappa shape index (κ1) is 12.3. The Morgan fingerprint density at radius 3 is 2.89 bits per heavy atom. The molecular formula is C13H15N3O3. The Bertz CT molecular complexity index is 526. The normalized spacial score (nSPS) is 20.7. The van der Waals surface area contributed by atoms with Gasteiger partial charge in [-0.1, -0.05) is 6.08 Å². The molecule has 1 aromatic heterocycles. The second-order valence-electron chi connectivity index (χ2n) is 4.82. The van der Waals surface area contributed by atoms with E-state index in [4.69, 9.17) is 4.74 Å². The molecule has 0 aliphatic carbocycles. The number of hydrogen-bond donors (Lipinski definition) is 0. The molecule has 100 valence electrons. The maximum atomic E-state index is 11.0. The van der Waals surface area contributed by atoms with E-state index in [9.17, 15) is 10.1 Å². The zero-order chi connectivity index (χ0) is 13.2. The molecule has 0 unspecified atom stereocenters. The third-order valence-corrected chi connectivity index (χ3v) is 3.72. The van der Waals surface area contributed by atoms with Gasteiger partial charge in [-0.2, -0.15) is 0 Å². The van der Waals surface area contributed by atoms with Gasteiger partial charge in [-0.05, 0) is 18.1 Å². The van der Waals surface area contributed by atoms with Crippen LogP contribution in [-0.2, 0) is 4.74 Å². The minimum absolute atomic E-state index is 0.0918. The summed E-state index contributed by atoms with van der Waals surface area (Å²) in [5.74, 6) is 0. The summed E-state index contributed by atoms with van der Waals surface area (Å²) in [6.45, 7) is 3.37. The van der Waals surface area contributed by atoms with Crippen LogP contribution in [0.3, 0.4) is 0 Å². The lowest BCUT2D eigenvalue weighted by atomic mass is 9.98. The number of nitrogens with zero attached hydrogens (tertiary/aromatic N) is 3. The molecular weight excluding hydrogens is 246 g/mol. The molecule has 1 aromatic rings. The molecule has 0 bridgehead atoms. The van der Waals surface area contributed by atoms with Crippen molar-refractivity contribution in [3.63, 3.8) is 0 Å². The second kappa shape index (κ2) is 5.07. The Morgan fingerprint density at radius 1 is 1.47 bits per heavy atom. The van der Waals surface area contributed by atoms with Gasteiger partial charge in [0, 0.05) is 19.3 Å². The van der Waals surface area contributed by atoms with E-state index in [-0.39, 0.29) is 10.6 Å². The van der Waals surface area contributed by atoms with E-state index in [1.165, 1.54) is 6.20 Å². The maximum Gasteiger partial charge on any atom is 0.294 e. The summed E-state index contributed by atoms with van der Waals surface area (Å²) >= 11 is 0. The molecule has 19 heavy (non-hydrogen) atoms. The molecule has 6 heteroatoms. The zero-order valence-corrected chi connectivity index (χ0v) is 10.5. The van der Waals surface area contributed by atoms with E-state index in [1.807, 2.05) is 0 Å². The molecule has 0 aromatic carbocycles. The summed E-state index contributed by atoms with van der Waals surface area (Å²) in [5, 5.41) is 11.0. The van der Waals surface area contributed by atoms with Crippen molar-refractivity contribution < 1.29 is 9.66 Å². The Hall–Kier alpha value is -1.79. The number of rotatable bonds is 3. The number of ether oxygens (including phenoxy) is 1. The summed E-state index contributed by atoms with van der Waals surface area (Å²) in [5.41, 5.74) is 1.84. The second-order valence-corrected chi connectivity index (χ2v) is 4.82. The fourth-order valence-corrected chi connectivity index (χ4v) is 2.50. The average Bonchev–Trinajstić information content (AvgIpc) is 2.37. The Balaban J connectivity index is 1.80. The first-order valence-electron chi connectivity index (χ1n) is 6.35. The van der Waals surface area contributed by atoms with E-state index in [1.54, 1.807) is 12.3 Å². The Labute approximate surface area is 110 Å². The van der Waals surface area contributed by atoms with E-state index < -0.39 is 0 Å². The standard InChI is InChI=1S/C13H15N3O3/c17-16(18)13-7-14-4-1-12(13)10-2-5-15(6-3-10)11-8-19-9-11/h1-2,4,7,11H,3,5-6,8-9H2. The summed E-state index contributed by atoms with van der Waals surface area (Å²) < 4.78 is 5.19. The molecule has 1 saturated heterocycles. The molecule has 1 fully saturated rings. The van der Waals surface area contributed by atoms with E-state index in [0.717, 1.165) is 38.3 Å². The van der Waals surface area contributed by atoms with Crippen molar-refractivity contribution in [1.82, 2.24) is 9.88 Å². The van der Waals surface area contributed by atoms with Gasteiger partial charge in [0.05, 0.1) is 29.7 Å². The Kier molecular flexibility index (Phi) is 3.27. The molecule has 6 nitrogen and oxygen atoms in total. The van der Waals surface area contributed by atoms with Crippen molar-refractivity contribution in [1.29, 1.82) is 0 Å². The fraction of sp³-hybridized carbons (Fsp3) is 0.462. The fourth-order valence-electron chi connectivity index (χ4n) is 2.50. The van der Waals surface area contributed by atoms with Crippen LogP contribution in [0.1, 0.15) is 12.0 Å². The molecule has 0 saturated carbocycles. The van der Waals surface area contributed by atoms with Crippen LogP contribution in [0.5, 0.6) is 0 Å². The van der Waals surface area contributed by atoms with Gasteiger partial charge in [0.2, 0.25) is 0 Å². The third-order valence-electron chi connectivity index (χ3n) is 3.72. The molecule has 2 aliphatic heterocycles. The lowest BCUT2D eigenvalue weighted by molar-refractivity contribution is -0.385. The van der Waals surface area contributed by atoms with Crippen LogP contribution in [-0.4, -0.2) is 47.2 Å². The van der Waals surface area contributed by atoms with Gasteiger partial charge in [0.1, 0.15) is 6.20 Å². The molecule has 0 spiro atoms. The topological polar surface area (TPSA) is 68.5 Å². The van der Waals surface area contributed by atoms with Crippen molar-refractivity contribution in [3.05, 3.63) is 40.2 Å². The predicted molar refractivity (Wildman–Crippen MR) is 69.7 cm³/mol. The summed E-state index contributed by atoms with van der Waals surface area (Å²) in [6, 6.07) is 2.25. The smallest absolute Gasteiger partial charge is 0.294 e. The van der Waals surface area contributed by atoms with Crippen LogP contribution in [0.25, 0.3) is 5.57 Å². The van der Waals surface area contributed by atoms with Crippen molar-refractivity contribution in [3.8, 4) is 0 Å². The highest BCUT2D eigenvalue weighted by molar-refractivity contribution is 5.73. The summed E-state index contributed by atoms with van der Waals surface area (Å²) in [6.07, 6.45) is 5.85. The van der Waals surface area contributed by atoms with Crippen molar-refractivity contribution in [2.24, 2.45) is 0 Å². The minimum atomic E-state index is -0.366. The van der Waals surface area contributed by atoms with Crippen LogP contribution in [0.4, 0.5) is 5.69 Å². The SMILES string of the molecule is O=[N+]([O-])c1cnccc1C1=CCN(C2COC2)CC1. The van der Waals surface area contributed by atoms with Crippen LogP contribution >= 0.6 is 0 Å². The average molecular weight is 261 g/mol. The number of nitro groups is 1. The van der Waals surface area contributed by atoms with E-state index >= 15 is 0 Å². The minimum Gasteiger partial charge on any atom is -0.378 e. The van der Waals surface area contributed by atoms with Crippen molar-refractivity contribution >= 4 is 11.3 Å². The van der Waals surface area contributed by atoms with Gasteiger partial charge < -0.3 is 4.74 Å². The highest BCUT2D eigenvalue weighted by Gasteiger charge is 2.28. The van der Waals surface area contributed by atoms with E-state index in [0.29, 0.717) is 11.6 Å². The number of pyridine rings is 1. The monoisotopic (exact) mass is 261 g/mol. The van der Waals surface area contributed by atoms with Gasteiger partial charge in [-0.3, -0.25) is 20.0 Å². The molecule has 0 N–H and O–H groups in total. The van der Waals surface area contributed by atoms with Crippen molar-refractivity contribution in [2.45, 2.75) is 12.5 Å². The van der Waals surface area contributed by atoms with Gasteiger partial charge in [0.25, 0.3) is 5.69 Å². The first-order chi connectivity index (χ1) is 9.25. The highest BCUT2D eigenvalue weighted by atomic mass is 16.6. The van der Waals surface area contributed by atoms with Gasteiger partial charge in [-0.15, -0.1) is 0 Å². The quantitative estimate of drug-likeness (QED) is 0.609. The molecule has 2 aliphatic rings. The van der Waals surface area contributed by atoms with Crippen LogP contribution in [0.2, 0.25) is 0 Å². The van der Waals surface area contributed by atoms with Crippen LogP contribution in [0, 0.1) is 10.1 Å². The van der Waals surface area contributed by atoms with Gasteiger partial charge in [0.15, 0.2) is 0 Å². The molecule has 0 atom stereocenters. The van der Waals surface area contributed by atoms with Crippen LogP contribution in [0.15, 0.2) is 24.5 Å². The van der Waals surface area contributed by atoms with Crippen LogP contribution < -0.4 is 0 Å².